The molecule has 15 heavy (non-hydrogen) atoms. The van der Waals surface area contributed by atoms with Crippen LogP contribution in [0.1, 0.15) is 26.7 Å². The summed E-state index contributed by atoms with van der Waals surface area (Å²) >= 11 is 0. The molecule has 0 spiro atoms. The highest BCUT2D eigenvalue weighted by Crippen LogP contribution is 2.20. The molecule has 1 aromatic carbocycles. The second-order valence-electron chi connectivity index (χ2n) is 3.59. The summed E-state index contributed by atoms with van der Waals surface area (Å²) in [5, 5.41) is -0.0203. The van der Waals surface area contributed by atoms with Crippen molar-refractivity contribution in [1.29, 1.82) is 0 Å². The van der Waals surface area contributed by atoms with Gasteiger partial charge in [-0.25, -0.2) is 4.39 Å². The second-order valence-corrected chi connectivity index (χ2v) is 5.43. The van der Waals surface area contributed by atoms with E-state index in [9.17, 15) is 8.60 Å². The topological polar surface area (TPSA) is 43.1 Å². The average Bonchev–Trinajstić information content (AvgIpc) is 2.17. The molecule has 2 nitrogen and oxygen atoms in total. The molecule has 0 saturated heterocycles. The van der Waals surface area contributed by atoms with Crippen LogP contribution in [0.2, 0.25) is 0 Å². The van der Waals surface area contributed by atoms with Gasteiger partial charge in [0.25, 0.3) is 0 Å². The van der Waals surface area contributed by atoms with Crippen LogP contribution in [0.3, 0.4) is 0 Å². The lowest BCUT2D eigenvalue weighted by molar-refractivity contribution is 0.592. The first-order valence-electron chi connectivity index (χ1n) is 5.01. The summed E-state index contributed by atoms with van der Waals surface area (Å²) in [6.45, 7) is 3.89. The molecule has 0 aliphatic rings. The van der Waals surface area contributed by atoms with Gasteiger partial charge in [0.2, 0.25) is 0 Å². The van der Waals surface area contributed by atoms with Gasteiger partial charge in [-0.3, -0.25) is 4.21 Å². The molecule has 1 aromatic rings. The highest BCUT2D eigenvalue weighted by molar-refractivity contribution is 7.85. The van der Waals surface area contributed by atoms with E-state index >= 15 is 0 Å². The number of hydrogen-bond acceptors (Lipinski definition) is 2. The van der Waals surface area contributed by atoms with Crippen LogP contribution in [0.15, 0.2) is 23.1 Å². The van der Waals surface area contributed by atoms with Crippen LogP contribution in [0.25, 0.3) is 0 Å². The maximum atomic E-state index is 13.4. The predicted octanol–water partition coefficient (Wildman–Crippen LogP) is 2.70. The molecule has 84 valence electrons. The standard InChI is InChI=1S/C11H16FNOS/c1-3-4-8(2)15(14)11-6-5-9(13)7-10(11)12/h5-8H,3-4,13H2,1-2H3. The van der Waals surface area contributed by atoms with Gasteiger partial charge in [0.15, 0.2) is 0 Å². The van der Waals surface area contributed by atoms with E-state index in [1.54, 1.807) is 6.07 Å². The Morgan fingerprint density at radius 2 is 2.20 bits per heavy atom. The Kier molecular flexibility index (Phi) is 4.27. The van der Waals surface area contributed by atoms with Crippen molar-refractivity contribution < 1.29 is 8.60 Å². The van der Waals surface area contributed by atoms with Gasteiger partial charge in [0.1, 0.15) is 5.82 Å². The maximum Gasteiger partial charge on any atom is 0.141 e. The Labute approximate surface area is 92.1 Å². The van der Waals surface area contributed by atoms with E-state index in [-0.39, 0.29) is 10.1 Å². The molecule has 0 heterocycles. The SMILES string of the molecule is CCCC(C)S(=O)c1ccc(N)cc1F. The molecule has 1 rings (SSSR count). The number of hydrogen-bond donors (Lipinski definition) is 1. The number of anilines is 1. The van der Waals surface area contributed by atoms with Gasteiger partial charge >= 0.3 is 0 Å². The van der Waals surface area contributed by atoms with E-state index in [4.69, 9.17) is 5.73 Å². The highest BCUT2D eigenvalue weighted by Gasteiger charge is 2.16. The zero-order valence-electron chi connectivity index (χ0n) is 9.00. The van der Waals surface area contributed by atoms with Crippen LogP contribution in [0.4, 0.5) is 10.1 Å². The summed E-state index contributed by atoms with van der Waals surface area (Å²) < 4.78 is 25.3. The molecular weight excluding hydrogens is 213 g/mol. The Bertz CT molecular complexity index is 368. The molecule has 0 fully saturated rings. The first-order chi connectivity index (χ1) is 7.06. The van der Waals surface area contributed by atoms with Crippen LogP contribution < -0.4 is 5.73 Å². The third kappa shape index (κ3) is 3.02. The van der Waals surface area contributed by atoms with Gasteiger partial charge in [0, 0.05) is 10.9 Å². The van der Waals surface area contributed by atoms with Crippen molar-refractivity contribution in [2.75, 3.05) is 5.73 Å². The highest BCUT2D eigenvalue weighted by atomic mass is 32.2. The number of benzene rings is 1. The minimum Gasteiger partial charge on any atom is -0.399 e. The van der Waals surface area contributed by atoms with E-state index in [1.165, 1.54) is 12.1 Å². The zero-order valence-corrected chi connectivity index (χ0v) is 9.81. The minimum atomic E-state index is -1.28. The molecular formula is C11H16FNOS. The van der Waals surface area contributed by atoms with Crippen molar-refractivity contribution >= 4 is 16.5 Å². The summed E-state index contributed by atoms with van der Waals surface area (Å²) in [7, 11) is -1.28. The molecule has 0 aliphatic heterocycles. The Balaban J connectivity index is 2.91. The molecule has 0 radical (unpaired) electrons. The van der Waals surface area contributed by atoms with Gasteiger partial charge in [-0.1, -0.05) is 20.3 Å². The third-order valence-corrected chi connectivity index (χ3v) is 3.96. The minimum absolute atomic E-state index is 0.0203. The number of halogens is 1. The molecule has 0 aliphatic carbocycles. The van der Waals surface area contributed by atoms with E-state index in [0.29, 0.717) is 5.69 Å². The molecule has 0 bridgehead atoms. The van der Waals surface area contributed by atoms with Crippen LogP contribution in [0, 0.1) is 5.82 Å². The normalized spacial score (nSPS) is 14.9. The van der Waals surface area contributed by atoms with Crippen molar-refractivity contribution in [3.05, 3.63) is 24.0 Å². The lowest BCUT2D eigenvalue weighted by Gasteiger charge is -2.10. The van der Waals surface area contributed by atoms with Crippen molar-refractivity contribution in [3.63, 3.8) is 0 Å². The Hall–Kier alpha value is -0.900. The second kappa shape index (κ2) is 5.26. The summed E-state index contributed by atoms with van der Waals surface area (Å²) in [6, 6.07) is 4.30. The summed E-state index contributed by atoms with van der Waals surface area (Å²) in [6.07, 6.45) is 1.78. The van der Waals surface area contributed by atoms with Crippen molar-refractivity contribution in [1.82, 2.24) is 0 Å². The molecule has 0 saturated carbocycles. The summed E-state index contributed by atoms with van der Waals surface area (Å²) in [5.41, 5.74) is 5.78. The van der Waals surface area contributed by atoms with Crippen molar-refractivity contribution in [3.8, 4) is 0 Å². The lowest BCUT2D eigenvalue weighted by Crippen LogP contribution is -2.12. The van der Waals surface area contributed by atoms with Gasteiger partial charge < -0.3 is 5.73 Å². The summed E-state index contributed by atoms with van der Waals surface area (Å²) in [4.78, 5) is 0.255. The Morgan fingerprint density at radius 3 is 2.73 bits per heavy atom. The average molecular weight is 229 g/mol. The monoisotopic (exact) mass is 229 g/mol. The number of nitrogen functional groups attached to an aromatic ring is 1. The van der Waals surface area contributed by atoms with Gasteiger partial charge in [0.05, 0.1) is 15.7 Å². The molecule has 2 unspecified atom stereocenters. The fourth-order valence-corrected chi connectivity index (χ4v) is 2.75. The van der Waals surface area contributed by atoms with E-state index in [0.717, 1.165) is 12.8 Å². The summed E-state index contributed by atoms with van der Waals surface area (Å²) in [5.74, 6) is -0.476. The lowest BCUT2D eigenvalue weighted by atomic mass is 10.3. The first kappa shape index (κ1) is 12.2. The third-order valence-electron chi connectivity index (χ3n) is 2.23. The van der Waals surface area contributed by atoms with E-state index in [1.807, 2.05) is 13.8 Å². The van der Waals surface area contributed by atoms with Crippen LogP contribution in [-0.2, 0) is 10.8 Å². The number of rotatable bonds is 4. The predicted molar refractivity (Wildman–Crippen MR) is 61.6 cm³/mol. The fraction of sp³-hybridized carbons (Fsp3) is 0.455. The molecule has 4 heteroatoms. The smallest absolute Gasteiger partial charge is 0.141 e. The van der Waals surface area contributed by atoms with Crippen molar-refractivity contribution in [2.45, 2.75) is 36.8 Å². The van der Waals surface area contributed by atoms with E-state index in [2.05, 4.69) is 0 Å². The molecule has 0 aromatic heterocycles. The first-order valence-corrected chi connectivity index (χ1v) is 6.23. The van der Waals surface area contributed by atoms with Crippen LogP contribution in [-0.4, -0.2) is 9.46 Å². The fourth-order valence-electron chi connectivity index (χ4n) is 1.41. The zero-order chi connectivity index (χ0) is 11.4. The quantitative estimate of drug-likeness (QED) is 0.807. The van der Waals surface area contributed by atoms with Gasteiger partial charge in [-0.2, -0.15) is 0 Å². The molecule has 2 N–H and O–H groups in total. The van der Waals surface area contributed by atoms with Crippen molar-refractivity contribution in [2.24, 2.45) is 0 Å². The van der Waals surface area contributed by atoms with E-state index < -0.39 is 16.6 Å². The van der Waals surface area contributed by atoms with Gasteiger partial charge in [-0.05, 0) is 24.6 Å². The van der Waals surface area contributed by atoms with Gasteiger partial charge in [-0.15, -0.1) is 0 Å². The van der Waals surface area contributed by atoms with Crippen LogP contribution in [0.5, 0.6) is 0 Å². The maximum absolute atomic E-state index is 13.4. The Morgan fingerprint density at radius 1 is 1.53 bits per heavy atom. The molecule has 0 amide bonds. The van der Waals surface area contributed by atoms with Crippen LogP contribution >= 0.6 is 0 Å². The number of nitrogens with two attached hydrogens (primary N) is 1. The molecule has 2 atom stereocenters. The largest absolute Gasteiger partial charge is 0.399 e.